The van der Waals surface area contributed by atoms with Gasteiger partial charge in [-0.3, -0.25) is 0 Å². The SMILES string of the molecule is CCNc1cc(NC(CC)CSC)ccn1. The van der Waals surface area contributed by atoms with Crippen molar-refractivity contribution in [3.05, 3.63) is 18.3 Å². The first-order valence-corrected chi connectivity index (χ1v) is 7.14. The van der Waals surface area contributed by atoms with Crippen molar-refractivity contribution < 1.29 is 0 Å². The van der Waals surface area contributed by atoms with Gasteiger partial charge in [-0.1, -0.05) is 6.92 Å². The lowest BCUT2D eigenvalue weighted by molar-refractivity contribution is 0.775. The van der Waals surface area contributed by atoms with Gasteiger partial charge in [0.05, 0.1) is 0 Å². The Morgan fingerprint density at radius 2 is 2.25 bits per heavy atom. The van der Waals surface area contributed by atoms with Crippen LogP contribution in [0.3, 0.4) is 0 Å². The monoisotopic (exact) mass is 239 g/mol. The standard InChI is InChI=1S/C12H21N3S/c1-4-10(9-16-3)15-11-6-7-14-12(8-11)13-5-2/h6-8,10H,4-5,9H2,1-3H3,(H2,13,14,15). The van der Waals surface area contributed by atoms with E-state index in [4.69, 9.17) is 0 Å². The second kappa shape index (κ2) is 7.39. The van der Waals surface area contributed by atoms with Crippen LogP contribution in [0.25, 0.3) is 0 Å². The van der Waals surface area contributed by atoms with E-state index in [9.17, 15) is 0 Å². The quantitative estimate of drug-likeness (QED) is 0.767. The van der Waals surface area contributed by atoms with E-state index in [0.717, 1.165) is 30.2 Å². The molecule has 0 aliphatic carbocycles. The van der Waals surface area contributed by atoms with Gasteiger partial charge in [-0.25, -0.2) is 4.98 Å². The average Bonchev–Trinajstić information content (AvgIpc) is 2.29. The average molecular weight is 239 g/mol. The summed E-state index contributed by atoms with van der Waals surface area (Å²) in [7, 11) is 0. The number of anilines is 2. The summed E-state index contributed by atoms with van der Waals surface area (Å²) < 4.78 is 0. The molecule has 1 rings (SSSR count). The van der Waals surface area contributed by atoms with Crippen molar-refractivity contribution in [3.8, 4) is 0 Å². The predicted molar refractivity (Wildman–Crippen MR) is 74.5 cm³/mol. The lowest BCUT2D eigenvalue weighted by Gasteiger charge is -2.17. The minimum absolute atomic E-state index is 0.534. The number of aromatic nitrogens is 1. The highest BCUT2D eigenvalue weighted by molar-refractivity contribution is 7.98. The number of nitrogens with one attached hydrogen (secondary N) is 2. The highest BCUT2D eigenvalue weighted by Crippen LogP contribution is 2.15. The first-order valence-electron chi connectivity index (χ1n) is 5.75. The van der Waals surface area contributed by atoms with E-state index in [2.05, 4.69) is 41.8 Å². The van der Waals surface area contributed by atoms with Gasteiger partial charge in [-0.15, -0.1) is 0 Å². The molecule has 0 fully saturated rings. The van der Waals surface area contributed by atoms with Gasteiger partial charge in [0.25, 0.3) is 0 Å². The predicted octanol–water partition coefficient (Wildman–Crippen LogP) is 3.07. The molecule has 0 amide bonds. The third-order valence-electron chi connectivity index (χ3n) is 2.35. The Kier molecular flexibility index (Phi) is 6.08. The van der Waals surface area contributed by atoms with Gasteiger partial charge >= 0.3 is 0 Å². The first-order chi connectivity index (χ1) is 7.80. The molecule has 3 nitrogen and oxygen atoms in total. The lowest BCUT2D eigenvalue weighted by Crippen LogP contribution is -2.21. The fourth-order valence-electron chi connectivity index (χ4n) is 1.50. The minimum atomic E-state index is 0.534. The third-order valence-corrected chi connectivity index (χ3v) is 3.08. The molecule has 0 aliphatic heterocycles. The number of rotatable bonds is 7. The molecule has 4 heteroatoms. The molecule has 0 aromatic carbocycles. The summed E-state index contributed by atoms with van der Waals surface area (Å²) in [6.07, 6.45) is 5.12. The van der Waals surface area contributed by atoms with Gasteiger partial charge in [0.2, 0.25) is 0 Å². The number of hydrogen-bond donors (Lipinski definition) is 2. The molecule has 0 bridgehead atoms. The van der Waals surface area contributed by atoms with E-state index in [-0.39, 0.29) is 0 Å². The summed E-state index contributed by atoms with van der Waals surface area (Å²) in [6.45, 7) is 5.18. The fraction of sp³-hybridized carbons (Fsp3) is 0.583. The highest BCUT2D eigenvalue weighted by atomic mass is 32.2. The van der Waals surface area contributed by atoms with Gasteiger partial charge < -0.3 is 10.6 Å². The fourth-order valence-corrected chi connectivity index (χ4v) is 2.22. The van der Waals surface area contributed by atoms with Crippen molar-refractivity contribution in [3.63, 3.8) is 0 Å². The molecule has 0 saturated heterocycles. The minimum Gasteiger partial charge on any atom is -0.381 e. The molecule has 16 heavy (non-hydrogen) atoms. The summed E-state index contributed by atoms with van der Waals surface area (Å²) in [5.41, 5.74) is 1.15. The van der Waals surface area contributed by atoms with E-state index in [1.165, 1.54) is 0 Å². The van der Waals surface area contributed by atoms with Gasteiger partial charge in [0, 0.05) is 36.3 Å². The van der Waals surface area contributed by atoms with Crippen LogP contribution in [0.2, 0.25) is 0 Å². The summed E-state index contributed by atoms with van der Waals surface area (Å²) in [6, 6.07) is 4.61. The molecule has 90 valence electrons. The molecule has 1 atom stereocenters. The van der Waals surface area contributed by atoms with Gasteiger partial charge in [-0.2, -0.15) is 11.8 Å². The molecule has 0 radical (unpaired) electrons. The second-order valence-electron chi connectivity index (χ2n) is 3.66. The van der Waals surface area contributed by atoms with Crippen molar-refractivity contribution in [2.24, 2.45) is 0 Å². The van der Waals surface area contributed by atoms with Crippen LogP contribution < -0.4 is 10.6 Å². The summed E-state index contributed by atoms with van der Waals surface area (Å²) in [5, 5.41) is 6.74. The van der Waals surface area contributed by atoms with Gasteiger partial charge in [0.1, 0.15) is 5.82 Å². The number of thioether (sulfide) groups is 1. The van der Waals surface area contributed by atoms with Gasteiger partial charge in [0.15, 0.2) is 0 Å². The molecule has 0 aliphatic rings. The molecular weight excluding hydrogens is 218 g/mol. The largest absolute Gasteiger partial charge is 0.381 e. The summed E-state index contributed by atoms with van der Waals surface area (Å²) in [4.78, 5) is 4.25. The number of nitrogens with zero attached hydrogens (tertiary/aromatic N) is 1. The van der Waals surface area contributed by atoms with E-state index in [1.807, 2.05) is 24.0 Å². The maximum Gasteiger partial charge on any atom is 0.127 e. The van der Waals surface area contributed by atoms with Crippen LogP contribution in [0.15, 0.2) is 18.3 Å². The molecule has 1 unspecified atom stereocenters. The molecule has 0 spiro atoms. The van der Waals surface area contributed by atoms with Crippen LogP contribution in [-0.2, 0) is 0 Å². The normalized spacial score (nSPS) is 12.2. The zero-order valence-electron chi connectivity index (χ0n) is 10.3. The molecule has 2 N–H and O–H groups in total. The van der Waals surface area contributed by atoms with Crippen molar-refractivity contribution >= 4 is 23.3 Å². The molecule has 1 aromatic heterocycles. The van der Waals surface area contributed by atoms with Crippen LogP contribution in [-0.4, -0.2) is 29.6 Å². The maximum absolute atomic E-state index is 4.25. The Labute approximate surface area is 102 Å². The lowest BCUT2D eigenvalue weighted by atomic mass is 10.2. The van der Waals surface area contributed by atoms with Crippen LogP contribution in [0, 0.1) is 0 Å². The van der Waals surface area contributed by atoms with Crippen LogP contribution in [0.4, 0.5) is 11.5 Å². The van der Waals surface area contributed by atoms with Crippen LogP contribution in [0.1, 0.15) is 20.3 Å². The van der Waals surface area contributed by atoms with Crippen molar-refractivity contribution in [2.45, 2.75) is 26.3 Å². The van der Waals surface area contributed by atoms with E-state index in [0.29, 0.717) is 6.04 Å². The number of hydrogen-bond acceptors (Lipinski definition) is 4. The molecular formula is C12H21N3S. The molecule has 0 saturated carbocycles. The number of pyridine rings is 1. The molecule has 1 aromatic rings. The Balaban J connectivity index is 2.60. The first kappa shape index (κ1) is 13.2. The zero-order valence-corrected chi connectivity index (χ0v) is 11.1. The smallest absolute Gasteiger partial charge is 0.127 e. The second-order valence-corrected chi connectivity index (χ2v) is 4.58. The Hall–Kier alpha value is -0.900. The van der Waals surface area contributed by atoms with E-state index < -0.39 is 0 Å². The summed E-state index contributed by atoms with van der Waals surface area (Å²) >= 11 is 1.87. The van der Waals surface area contributed by atoms with Crippen LogP contribution >= 0.6 is 11.8 Å². The Bertz CT molecular complexity index is 304. The Morgan fingerprint density at radius 1 is 1.44 bits per heavy atom. The van der Waals surface area contributed by atoms with Crippen molar-refractivity contribution in [1.82, 2.24) is 4.98 Å². The topological polar surface area (TPSA) is 37.0 Å². The van der Waals surface area contributed by atoms with Gasteiger partial charge in [-0.05, 0) is 25.7 Å². The van der Waals surface area contributed by atoms with Crippen molar-refractivity contribution in [2.75, 3.05) is 29.2 Å². The summed E-state index contributed by atoms with van der Waals surface area (Å²) in [5.74, 6) is 2.07. The third kappa shape index (κ3) is 4.31. The zero-order chi connectivity index (χ0) is 11.8. The van der Waals surface area contributed by atoms with Crippen molar-refractivity contribution in [1.29, 1.82) is 0 Å². The molecule has 1 heterocycles. The maximum atomic E-state index is 4.25. The van der Waals surface area contributed by atoms with E-state index >= 15 is 0 Å². The Morgan fingerprint density at radius 3 is 2.88 bits per heavy atom. The van der Waals surface area contributed by atoms with Crippen LogP contribution in [0.5, 0.6) is 0 Å². The van der Waals surface area contributed by atoms with E-state index in [1.54, 1.807) is 0 Å². The highest BCUT2D eigenvalue weighted by Gasteiger charge is 2.05.